The zero-order valence-corrected chi connectivity index (χ0v) is 7.56. The van der Waals surface area contributed by atoms with Crippen molar-refractivity contribution in [1.82, 2.24) is 5.32 Å². The number of nitrogens with one attached hydrogen (secondary N) is 1. The summed E-state index contributed by atoms with van der Waals surface area (Å²) in [6, 6.07) is 0.544. The van der Waals surface area contributed by atoms with Crippen molar-refractivity contribution in [3.8, 4) is 0 Å². The summed E-state index contributed by atoms with van der Waals surface area (Å²) in [6.45, 7) is 3.25. The molecule has 1 heterocycles. The second kappa shape index (κ2) is 2.94. The van der Waals surface area contributed by atoms with E-state index in [1.807, 2.05) is 0 Å². The maximum atomic E-state index is 6.00. The molecule has 2 rings (SSSR count). The summed E-state index contributed by atoms with van der Waals surface area (Å²) in [4.78, 5) is 0. The molecule has 0 radical (unpaired) electrons. The van der Waals surface area contributed by atoms with E-state index in [1.54, 1.807) is 0 Å². The Bertz CT molecular complexity index is 251. The Morgan fingerprint density at radius 1 is 1.58 bits per heavy atom. The minimum atomic E-state index is 0.544. The van der Waals surface area contributed by atoms with Crippen LogP contribution in [0.1, 0.15) is 26.2 Å². The summed E-state index contributed by atoms with van der Waals surface area (Å²) in [5, 5.41) is 3.49. The highest BCUT2D eigenvalue weighted by atomic mass is 14.9. The molecule has 0 spiro atoms. The van der Waals surface area contributed by atoms with E-state index in [4.69, 9.17) is 5.73 Å². The standard InChI is InChI=1S/C10H16N2/c1-7-4-5-9-8(10(7)11)3-2-6-12-9/h4,9,12H,2-3,5-6,11H2,1H3. The minimum absolute atomic E-state index is 0.544. The Labute approximate surface area is 73.5 Å². The second-order valence-electron chi connectivity index (χ2n) is 3.67. The molecular weight excluding hydrogens is 148 g/mol. The van der Waals surface area contributed by atoms with Crippen molar-refractivity contribution in [2.45, 2.75) is 32.2 Å². The zero-order valence-electron chi connectivity index (χ0n) is 7.56. The fourth-order valence-electron chi connectivity index (χ4n) is 2.06. The van der Waals surface area contributed by atoms with Gasteiger partial charge in [-0.25, -0.2) is 0 Å². The van der Waals surface area contributed by atoms with Crippen molar-refractivity contribution >= 4 is 0 Å². The average molecular weight is 164 g/mol. The van der Waals surface area contributed by atoms with Gasteiger partial charge in [0.1, 0.15) is 0 Å². The Balaban J connectivity index is 2.29. The highest BCUT2D eigenvalue weighted by molar-refractivity contribution is 5.38. The van der Waals surface area contributed by atoms with Crippen LogP contribution in [0.15, 0.2) is 22.9 Å². The number of nitrogens with two attached hydrogens (primary N) is 1. The molecule has 12 heavy (non-hydrogen) atoms. The van der Waals surface area contributed by atoms with Gasteiger partial charge in [0.2, 0.25) is 0 Å². The lowest BCUT2D eigenvalue weighted by atomic mass is 9.87. The SMILES string of the molecule is CC1=CCC2NCCCC2=C1N. The normalized spacial score (nSPS) is 29.8. The van der Waals surface area contributed by atoms with E-state index in [-0.39, 0.29) is 0 Å². The summed E-state index contributed by atoms with van der Waals surface area (Å²) in [5.41, 5.74) is 9.76. The third kappa shape index (κ3) is 1.16. The summed E-state index contributed by atoms with van der Waals surface area (Å²) in [6.07, 6.45) is 5.79. The van der Waals surface area contributed by atoms with Crippen LogP contribution in [0.2, 0.25) is 0 Å². The van der Waals surface area contributed by atoms with Gasteiger partial charge in [-0.15, -0.1) is 0 Å². The average Bonchev–Trinajstić information content (AvgIpc) is 2.12. The topological polar surface area (TPSA) is 38.0 Å². The Hall–Kier alpha value is -0.760. The molecule has 2 heteroatoms. The predicted molar refractivity (Wildman–Crippen MR) is 50.6 cm³/mol. The van der Waals surface area contributed by atoms with Crippen LogP contribution in [-0.2, 0) is 0 Å². The number of rotatable bonds is 0. The molecule has 2 aliphatic rings. The first-order chi connectivity index (χ1) is 5.79. The molecule has 1 atom stereocenters. The van der Waals surface area contributed by atoms with Gasteiger partial charge in [-0.1, -0.05) is 6.08 Å². The molecule has 1 unspecified atom stereocenters. The van der Waals surface area contributed by atoms with Crippen LogP contribution in [0.4, 0.5) is 0 Å². The number of piperidine rings is 1. The first-order valence-electron chi connectivity index (χ1n) is 4.68. The van der Waals surface area contributed by atoms with E-state index in [0.717, 1.165) is 18.7 Å². The maximum Gasteiger partial charge on any atom is 0.0348 e. The lowest BCUT2D eigenvalue weighted by Crippen LogP contribution is -2.38. The molecule has 1 saturated heterocycles. The Kier molecular flexibility index (Phi) is 1.93. The first-order valence-corrected chi connectivity index (χ1v) is 4.68. The van der Waals surface area contributed by atoms with E-state index in [0.29, 0.717) is 6.04 Å². The molecule has 1 aliphatic carbocycles. The summed E-state index contributed by atoms with van der Waals surface area (Å²) in [5.74, 6) is 0. The largest absolute Gasteiger partial charge is 0.399 e. The number of fused-ring (bicyclic) bond motifs is 1. The van der Waals surface area contributed by atoms with Crippen LogP contribution in [0.25, 0.3) is 0 Å². The second-order valence-corrected chi connectivity index (χ2v) is 3.67. The fourth-order valence-corrected chi connectivity index (χ4v) is 2.06. The molecule has 0 amide bonds. The van der Waals surface area contributed by atoms with Crippen molar-refractivity contribution in [2.24, 2.45) is 5.73 Å². The van der Waals surface area contributed by atoms with Crippen molar-refractivity contribution in [3.63, 3.8) is 0 Å². The minimum Gasteiger partial charge on any atom is -0.399 e. The number of hydrogen-bond acceptors (Lipinski definition) is 2. The van der Waals surface area contributed by atoms with Crippen LogP contribution in [-0.4, -0.2) is 12.6 Å². The third-order valence-corrected chi connectivity index (χ3v) is 2.86. The van der Waals surface area contributed by atoms with E-state index in [1.165, 1.54) is 24.0 Å². The molecular formula is C10H16N2. The third-order valence-electron chi connectivity index (χ3n) is 2.86. The van der Waals surface area contributed by atoms with Crippen LogP contribution in [0, 0.1) is 0 Å². The van der Waals surface area contributed by atoms with Crippen LogP contribution < -0.4 is 11.1 Å². The van der Waals surface area contributed by atoms with Gasteiger partial charge < -0.3 is 11.1 Å². The van der Waals surface area contributed by atoms with Crippen molar-refractivity contribution < 1.29 is 0 Å². The van der Waals surface area contributed by atoms with E-state index < -0.39 is 0 Å². The molecule has 66 valence electrons. The fraction of sp³-hybridized carbons (Fsp3) is 0.600. The summed E-state index contributed by atoms with van der Waals surface area (Å²) >= 11 is 0. The van der Waals surface area contributed by atoms with Gasteiger partial charge in [0, 0.05) is 11.7 Å². The maximum absolute atomic E-state index is 6.00. The van der Waals surface area contributed by atoms with E-state index in [2.05, 4.69) is 18.3 Å². The zero-order chi connectivity index (χ0) is 8.55. The van der Waals surface area contributed by atoms with Gasteiger partial charge >= 0.3 is 0 Å². The molecule has 0 bridgehead atoms. The molecule has 2 nitrogen and oxygen atoms in total. The lowest BCUT2D eigenvalue weighted by molar-refractivity contribution is 0.482. The highest BCUT2D eigenvalue weighted by Crippen LogP contribution is 2.27. The quantitative estimate of drug-likeness (QED) is 0.566. The van der Waals surface area contributed by atoms with Crippen molar-refractivity contribution in [3.05, 3.63) is 22.9 Å². The molecule has 0 aromatic rings. The van der Waals surface area contributed by atoms with Crippen LogP contribution >= 0.6 is 0 Å². The van der Waals surface area contributed by atoms with Crippen molar-refractivity contribution in [1.29, 1.82) is 0 Å². The monoisotopic (exact) mass is 164 g/mol. The van der Waals surface area contributed by atoms with Gasteiger partial charge in [-0.05, 0) is 43.9 Å². The lowest BCUT2D eigenvalue weighted by Gasteiger charge is -2.31. The molecule has 0 saturated carbocycles. The van der Waals surface area contributed by atoms with E-state index in [9.17, 15) is 0 Å². The van der Waals surface area contributed by atoms with Crippen molar-refractivity contribution in [2.75, 3.05) is 6.54 Å². The Morgan fingerprint density at radius 2 is 2.42 bits per heavy atom. The van der Waals surface area contributed by atoms with Gasteiger partial charge in [0.25, 0.3) is 0 Å². The summed E-state index contributed by atoms with van der Waals surface area (Å²) < 4.78 is 0. The van der Waals surface area contributed by atoms with Gasteiger partial charge in [-0.2, -0.15) is 0 Å². The molecule has 0 aromatic heterocycles. The summed E-state index contributed by atoms with van der Waals surface area (Å²) in [7, 11) is 0. The van der Waals surface area contributed by atoms with Gasteiger partial charge in [-0.3, -0.25) is 0 Å². The number of allylic oxidation sites excluding steroid dienone is 1. The molecule has 1 fully saturated rings. The first kappa shape index (κ1) is 7.87. The van der Waals surface area contributed by atoms with E-state index >= 15 is 0 Å². The van der Waals surface area contributed by atoms with Crippen LogP contribution in [0.3, 0.4) is 0 Å². The highest BCUT2D eigenvalue weighted by Gasteiger charge is 2.23. The smallest absolute Gasteiger partial charge is 0.0348 e. The predicted octanol–water partition coefficient (Wildman–Crippen LogP) is 1.30. The molecule has 3 N–H and O–H groups in total. The molecule has 1 aliphatic heterocycles. The number of hydrogen-bond donors (Lipinski definition) is 2. The van der Waals surface area contributed by atoms with Crippen LogP contribution in [0.5, 0.6) is 0 Å². The van der Waals surface area contributed by atoms with Gasteiger partial charge in [0.05, 0.1) is 0 Å². The Morgan fingerprint density at radius 3 is 3.25 bits per heavy atom. The molecule has 0 aromatic carbocycles. The van der Waals surface area contributed by atoms with Gasteiger partial charge in [0.15, 0.2) is 0 Å².